The number of hydrogen-bond donors (Lipinski definition) is 2. The molecule has 0 saturated carbocycles. The van der Waals surface area contributed by atoms with Crippen molar-refractivity contribution in [2.75, 3.05) is 26.2 Å². The molecule has 0 atom stereocenters. The summed E-state index contributed by atoms with van der Waals surface area (Å²) in [5, 5.41) is 6.07. The molecule has 0 bridgehead atoms. The van der Waals surface area contributed by atoms with Gasteiger partial charge in [-0.25, -0.2) is 4.39 Å². The fraction of sp³-hybridized carbons (Fsp3) is 0.394. The number of nitrogens with one attached hydrogen (secondary N) is 2. The molecule has 0 spiro atoms. The molecule has 0 saturated heterocycles. The molecular weight excluding hydrogens is 505 g/mol. The van der Waals surface area contributed by atoms with Crippen LogP contribution in [-0.2, 0) is 34.5 Å². The molecule has 3 aromatic rings. The van der Waals surface area contributed by atoms with E-state index in [0.717, 1.165) is 47.3 Å². The molecule has 1 heterocycles. The van der Waals surface area contributed by atoms with Crippen molar-refractivity contribution in [3.8, 4) is 5.75 Å². The Morgan fingerprint density at radius 3 is 2.60 bits per heavy atom. The van der Waals surface area contributed by atoms with E-state index in [-0.39, 0.29) is 30.6 Å². The molecule has 7 heteroatoms. The minimum absolute atomic E-state index is 0.00842. The van der Waals surface area contributed by atoms with Crippen molar-refractivity contribution in [1.82, 2.24) is 15.5 Å². The Kier molecular flexibility index (Phi) is 10.3. The van der Waals surface area contributed by atoms with Gasteiger partial charge in [0, 0.05) is 37.2 Å². The summed E-state index contributed by atoms with van der Waals surface area (Å²) in [6.07, 6.45) is 3.03. The van der Waals surface area contributed by atoms with Crippen LogP contribution in [0.25, 0.3) is 0 Å². The number of nitrogens with zero attached hydrogens (tertiary/aromatic N) is 1. The van der Waals surface area contributed by atoms with Gasteiger partial charge in [-0.15, -0.1) is 0 Å². The number of amides is 2. The smallest absolute Gasteiger partial charge is 0.234 e. The van der Waals surface area contributed by atoms with Crippen LogP contribution >= 0.6 is 0 Å². The topological polar surface area (TPSA) is 70.7 Å². The van der Waals surface area contributed by atoms with Gasteiger partial charge in [0.2, 0.25) is 11.8 Å². The van der Waals surface area contributed by atoms with E-state index in [4.69, 9.17) is 4.74 Å². The Morgan fingerprint density at radius 2 is 1.80 bits per heavy atom. The third kappa shape index (κ3) is 8.91. The monoisotopic (exact) mass is 545 g/mol. The summed E-state index contributed by atoms with van der Waals surface area (Å²) < 4.78 is 19.9. The Labute approximate surface area is 236 Å². The molecule has 0 aliphatic carbocycles. The first-order chi connectivity index (χ1) is 19.3. The van der Waals surface area contributed by atoms with Crippen molar-refractivity contribution in [3.63, 3.8) is 0 Å². The predicted molar refractivity (Wildman–Crippen MR) is 155 cm³/mol. The Bertz CT molecular complexity index is 1280. The SMILES string of the molecule is CC(C)(CNC(=O)Cc1ccc2c(c1)CN(Cc1ccccc1)CC(=O)NCCCCCO2)c1cccc(F)c1. The fourth-order valence-corrected chi connectivity index (χ4v) is 4.91. The molecule has 1 aliphatic heterocycles. The van der Waals surface area contributed by atoms with Crippen molar-refractivity contribution < 1.29 is 18.7 Å². The highest BCUT2D eigenvalue weighted by Crippen LogP contribution is 2.25. The second kappa shape index (κ2) is 14.1. The molecule has 2 N–H and O–H groups in total. The first-order valence-corrected chi connectivity index (χ1v) is 14.1. The zero-order valence-corrected chi connectivity index (χ0v) is 23.5. The third-order valence-electron chi connectivity index (χ3n) is 7.23. The Hall–Kier alpha value is -3.71. The van der Waals surface area contributed by atoms with Crippen LogP contribution in [0.4, 0.5) is 4.39 Å². The molecule has 0 radical (unpaired) electrons. The van der Waals surface area contributed by atoms with Gasteiger partial charge < -0.3 is 15.4 Å². The van der Waals surface area contributed by atoms with E-state index >= 15 is 0 Å². The van der Waals surface area contributed by atoms with Crippen LogP contribution in [-0.4, -0.2) is 43.0 Å². The number of rotatable bonds is 7. The van der Waals surface area contributed by atoms with Gasteiger partial charge in [0.15, 0.2) is 0 Å². The number of carbonyl (C=O) groups excluding carboxylic acids is 2. The van der Waals surface area contributed by atoms with Crippen molar-refractivity contribution in [3.05, 3.63) is 101 Å². The van der Waals surface area contributed by atoms with Gasteiger partial charge in [0.05, 0.1) is 19.6 Å². The van der Waals surface area contributed by atoms with Gasteiger partial charge in [-0.1, -0.05) is 68.4 Å². The lowest BCUT2D eigenvalue weighted by Gasteiger charge is -2.26. The minimum Gasteiger partial charge on any atom is -0.493 e. The van der Waals surface area contributed by atoms with Crippen molar-refractivity contribution in [1.29, 1.82) is 0 Å². The average molecular weight is 546 g/mol. The lowest BCUT2D eigenvalue weighted by atomic mass is 9.84. The van der Waals surface area contributed by atoms with Crippen LogP contribution < -0.4 is 15.4 Å². The summed E-state index contributed by atoms with van der Waals surface area (Å²) in [6.45, 7) is 7.04. The number of benzene rings is 3. The first-order valence-electron chi connectivity index (χ1n) is 14.1. The van der Waals surface area contributed by atoms with Crippen molar-refractivity contribution >= 4 is 11.8 Å². The second-order valence-electron chi connectivity index (χ2n) is 11.2. The number of ether oxygens (including phenoxy) is 1. The van der Waals surface area contributed by atoms with Gasteiger partial charge in [-0.3, -0.25) is 14.5 Å². The lowest BCUT2D eigenvalue weighted by molar-refractivity contribution is -0.122. The number of hydrogen-bond acceptors (Lipinski definition) is 4. The summed E-state index contributed by atoms with van der Waals surface area (Å²) in [6, 6.07) is 22.5. The van der Waals surface area contributed by atoms with Crippen molar-refractivity contribution in [2.24, 2.45) is 0 Å². The summed E-state index contributed by atoms with van der Waals surface area (Å²) in [4.78, 5) is 27.8. The van der Waals surface area contributed by atoms with Crippen molar-refractivity contribution in [2.45, 2.75) is 58.0 Å². The quantitative estimate of drug-likeness (QED) is 0.431. The van der Waals surface area contributed by atoms with E-state index in [9.17, 15) is 14.0 Å². The maximum Gasteiger partial charge on any atom is 0.234 e. The van der Waals surface area contributed by atoms with Crippen LogP contribution in [0, 0.1) is 5.82 Å². The molecule has 2 amide bonds. The summed E-state index contributed by atoms with van der Waals surface area (Å²) in [5.74, 6) is 0.408. The maximum atomic E-state index is 13.7. The largest absolute Gasteiger partial charge is 0.493 e. The van der Waals surface area contributed by atoms with E-state index in [1.54, 1.807) is 6.07 Å². The van der Waals surface area contributed by atoms with E-state index < -0.39 is 5.41 Å². The number of fused-ring (bicyclic) bond motifs is 1. The Morgan fingerprint density at radius 1 is 0.975 bits per heavy atom. The van der Waals surface area contributed by atoms with E-state index in [1.807, 2.05) is 56.3 Å². The average Bonchev–Trinajstić information content (AvgIpc) is 2.94. The molecule has 40 heavy (non-hydrogen) atoms. The third-order valence-corrected chi connectivity index (χ3v) is 7.23. The van der Waals surface area contributed by atoms with Gasteiger partial charge in [0.1, 0.15) is 11.6 Å². The zero-order chi connectivity index (χ0) is 28.4. The van der Waals surface area contributed by atoms with Gasteiger partial charge >= 0.3 is 0 Å². The zero-order valence-electron chi connectivity index (χ0n) is 23.5. The Balaban J connectivity index is 1.48. The minimum atomic E-state index is -0.414. The molecule has 3 aromatic carbocycles. The molecule has 4 rings (SSSR count). The molecule has 6 nitrogen and oxygen atoms in total. The van der Waals surface area contributed by atoms with Crippen LogP contribution in [0.2, 0.25) is 0 Å². The van der Waals surface area contributed by atoms with Crippen LogP contribution in [0.15, 0.2) is 72.8 Å². The van der Waals surface area contributed by atoms with E-state index in [1.165, 1.54) is 12.1 Å². The number of carbonyl (C=O) groups is 2. The second-order valence-corrected chi connectivity index (χ2v) is 11.2. The summed E-state index contributed by atoms with van der Waals surface area (Å²) in [5.41, 5.74) is 3.37. The highest BCUT2D eigenvalue weighted by atomic mass is 19.1. The highest BCUT2D eigenvalue weighted by molar-refractivity contribution is 5.79. The van der Waals surface area contributed by atoms with Crippen LogP contribution in [0.1, 0.15) is 55.4 Å². The first kappa shape index (κ1) is 29.3. The molecule has 212 valence electrons. The molecule has 0 aromatic heterocycles. The predicted octanol–water partition coefficient (Wildman–Crippen LogP) is 5.14. The van der Waals surface area contributed by atoms with E-state index in [0.29, 0.717) is 32.8 Å². The van der Waals surface area contributed by atoms with Crippen LogP contribution in [0.3, 0.4) is 0 Å². The summed E-state index contributed by atoms with van der Waals surface area (Å²) >= 11 is 0. The number of halogens is 1. The normalized spacial score (nSPS) is 15.4. The van der Waals surface area contributed by atoms with Gasteiger partial charge in [-0.2, -0.15) is 0 Å². The molecular formula is C33H40FN3O3. The highest BCUT2D eigenvalue weighted by Gasteiger charge is 2.22. The standard InChI is InChI=1S/C33H40FN3O3/c1-33(2,28-12-9-13-29(34)20-28)24-36-31(38)19-26-14-15-30-27(18-26)22-37(21-25-10-5-3-6-11-25)23-32(39)35-16-7-4-8-17-40-30/h3,5-6,9-15,18,20H,4,7-8,16-17,19,21-24H2,1-2H3,(H,35,39)(H,36,38). The molecule has 1 aliphatic rings. The molecule has 0 unspecified atom stereocenters. The van der Waals surface area contributed by atoms with Crippen LogP contribution in [0.5, 0.6) is 5.75 Å². The molecule has 0 fully saturated rings. The maximum absolute atomic E-state index is 13.7. The van der Waals surface area contributed by atoms with Gasteiger partial charge in [-0.05, 0) is 54.2 Å². The van der Waals surface area contributed by atoms with Gasteiger partial charge in [0.25, 0.3) is 0 Å². The lowest BCUT2D eigenvalue weighted by Crippen LogP contribution is -2.37. The fourth-order valence-electron chi connectivity index (χ4n) is 4.91. The summed E-state index contributed by atoms with van der Waals surface area (Å²) in [7, 11) is 0. The van der Waals surface area contributed by atoms with E-state index in [2.05, 4.69) is 27.7 Å².